The van der Waals surface area contributed by atoms with Gasteiger partial charge in [-0.2, -0.15) is 13.5 Å². The molecule has 1 fully saturated rings. The molecule has 0 saturated carbocycles. The summed E-state index contributed by atoms with van der Waals surface area (Å²) in [6.07, 6.45) is -0.557. The maximum absolute atomic E-state index is 12.5. The molecule has 10 nitrogen and oxygen atoms in total. The molecule has 160 valence electrons. The lowest BCUT2D eigenvalue weighted by atomic mass is 10.2. The van der Waals surface area contributed by atoms with E-state index in [1.807, 2.05) is 6.92 Å². The van der Waals surface area contributed by atoms with Crippen LogP contribution in [0.5, 0.6) is 0 Å². The summed E-state index contributed by atoms with van der Waals surface area (Å²) in [6.45, 7) is 7.16. The Bertz CT molecular complexity index is 877. The van der Waals surface area contributed by atoms with Gasteiger partial charge in [0.1, 0.15) is 5.60 Å². The molecular formula is C18H26N4O6S. The first-order chi connectivity index (χ1) is 13.4. The number of piperazine rings is 1. The van der Waals surface area contributed by atoms with E-state index in [0.29, 0.717) is 0 Å². The summed E-state index contributed by atoms with van der Waals surface area (Å²) in [5.41, 5.74) is 0.187. The average Bonchev–Trinajstić information content (AvgIpc) is 2.60. The van der Waals surface area contributed by atoms with Gasteiger partial charge < -0.3 is 14.7 Å². The minimum absolute atomic E-state index is 0.0417. The van der Waals surface area contributed by atoms with Crippen LogP contribution in [0.4, 0.5) is 9.59 Å². The molecular weight excluding hydrogens is 400 g/mol. The zero-order chi connectivity index (χ0) is 21.8. The second-order valence-corrected chi connectivity index (χ2v) is 9.32. The standard InChI is InChI=1S/C18H26N4O6S/c1-13-5-7-15(8-6-13)29(26,27)20-19-11-14-12-21(16(23)24)9-10-22(14)17(25)28-18(2,3)4/h5-8,11,14,20H,9-10,12H2,1-4H3,(H,23,24)/b19-11+. The van der Waals surface area contributed by atoms with Gasteiger partial charge in [0, 0.05) is 25.8 Å². The molecule has 0 spiro atoms. The third kappa shape index (κ3) is 6.34. The topological polar surface area (TPSA) is 129 Å². The van der Waals surface area contributed by atoms with E-state index < -0.39 is 33.9 Å². The van der Waals surface area contributed by atoms with Gasteiger partial charge in [-0.3, -0.25) is 4.90 Å². The van der Waals surface area contributed by atoms with Gasteiger partial charge in [-0.25, -0.2) is 14.4 Å². The second kappa shape index (κ2) is 8.68. The van der Waals surface area contributed by atoms with Gasteiger partial charge in [-0.1, -0.05) is 17.7 Å². The van der Waals surface area contributed by atoms with Gasteiger partial charge in [0.05, 0.1) is 10.9 Å². The maximum Gasteiger partial charge on any atom is 0.410 e. The zero-order valence-corrected chi connectivity index (χ0v) is 17.6. The maximum atomic E-state index is 12.5. The van der Waals surface area contributed by atoms with Crippen LogP contribution in [-0.2, 0) is 14.8 Å². The van der Waals surface area contributed by atoms with E-state index in [1.165, 1.54) is 23.2 Å². The number of nitrogens with zero attached hydrogens (tertiary/aromatic N) is 3. The van der Waals surface area contributed by atoms with Crippen LogP contribution in [0.2, 0.25) is 0 Å². The monoisotopic (exact) mass is 426 g/mol. The highest BCUT2D eigenvalue weighted by Crippen LogP contribution is 2.16. The third-order valence-corrected chi connectivity index (χ3v) is 5.31. The van der Waals surface area contributed by atoms with Crippen molar-refractivity contribution in [3.63, 3.8) is 0 Å². The molecule has 1 aromatic carbocycles. The predicted octanol–water partition coefficient (Wildman–Crippen LogP) is 1.86. The number of ether oxygens (including phenoxy) is 1. The molecule has 11 heteroatoms. The van der Waals surface area contributed by atoms with Gasteiger partial charge >= 0.3 is 12.2 Å². The van der Waals surface area contributed by atoms with Gasteiger partial charge in [-0.05, 0) is 39.8 Å². The predicted molar refractivity (Wildman–Crippen MR) is 106 cm³/mol. The first kappa shape index (κ1) is 22.5. The van der Waals surface area contributed by atoms with Crippen LogP contribution in [0, 0.1) is 6.92 Å². The Hall–Kier alpha value is -2.82. The van der Waals surface area contributed by atoms with E-state index in [0.717, 1.165) is 10.5 Å². The fourth-order valence-electron chi connectivity index (χ4n) is 2.61. The Morgan fingerprint density at radius 1 is 1.24 bits per heavy atom. The molecule has 0 radical (unpaired) electrons. The Balaban J connectivity index is 2.15. The van der Waals surface area contributed by atoms with Crippen LogP contribution < -0.4 is 4.83 Å². The largest absolute Gasteiger partial charge is 0.465 e. The Kier molecular flexibility index (Phi) is 6.73. The molecule has 1 saturated heterocycles. The SMILES string of the molecule is Cc1ccc(S(=O)(=O)N/N=C/C2CN(C(=O)O)CCN2C(=O)OC(C)(C)C)cc1. The van der Waals surface area contributed by atoms with Crippen molar-refractivity contribution in [1.82, 2.24) is 14.6 Å². The van der Waals surface area contributed by atoms with Crippen LogP contribution in [-0.4, -0.2) is 73.0 Å². The van der Waals surface area contributed by atoms with Gasteiger partial charge in [0.2, 0.25) is 0 Å². The summed E-state index contributed by atoms with van der Waals surface area (Å²) in [5.74, 6) is 0. The normalized spacial score (nSPS) is 18.0. The molecule has 0 aliphatic carbocycles. The van der Waals surface area contributed by atoms with Gasteiger partial charge in [0.15, 0.2) is 0 Å². The molecule has 1 aromatic rings. The molecule has 1 heterocycles. The van der Waals surface area contributed by atoms with Crippen LogP contribution in [0.25, 0.3) is 0 Å². The number of hydrogen-bond acceptors (Lipinski definition) is 6. The fourth-order valence-corrected chi connectivity index (χ4v) is 3.41. The summed E-state index contributed by atoms with van der Waals surface area (Å²) in [5, 5.41) is 13.0. The van der Waals surface area contributed by atoms with Crippen molar-refractivity contribution in [2.75, 3.05) is 19.6 Å². The van der Waals surface area contributed by atoms with E-state index in [4.69, 9.17) is 4.74 Å². The third-order valence-electron chi connectivity index (χ3n) is 4.07. The molecule has 2 amide bonds. The number of hydrogen-bond donors (Lipinski definition) is 2. The molecule has 2 rings (SSSR count). The van der Waals surface area contributed by atoms with Gasteiger partial charge in [-0.15, -0.1) is 0 Å². The second-order valence-electron chi connectivity index (χ2n) is 7.66. The van der Waals surface area contributed by atoms with E-state index in [9.17, 15) is 23.1 Å². The Morgan fingerprint density at radius 2 is 1.86 bits per heavy atom. The van der Waals surface area contributed by atoms with Crippen molar-refractivity contribution in [2.45, 2.75) is 44.2 Å². The number of carbonyl (C=O) groups is 2. The zero-order valence-electron chi connectivity index (χ0n) is 16.8. The van der Waals surface area contributed by atoms with E-state index in [1.54, 1.807) is 32.9 Å². The number of nitrogens with one attached hydrogen (secondary N) is 1. The van der Waals surface area contributed by atoms with Crippen LogP contribution in [0.3, 0.4) is 0 Å². The summed E-state index contributed by atoms with van der Waals surface area (Å²) in [7, 11) is -3.89. The lowest BCUT2D eigenvalue weighted by Gasteiger charge is -2.38. The van der Waals surface area contributed by atoms with Crippen molar-refractivity contribution < 1.29 is 27.9 Å². The minimum Gasteiger partial charge on any atom is -0.465 e. The van der Waals surface area contributed by atoms with Crippen molar-refractivity contribution >= 4 is 28.4 Å². The first-order valence-corrected chi connectivity index (χ1v) is 10.5. The van der Waals surface area contributed by atoms with Crippen LogP contribution >= 0.6 is 0 Å². The van der Waals surface area contributed by atoms with Crippen molar-refractivity contribution in [1.29, 1.82) is 0 Å². The van der Waals surface area contributed by atoms with Crippen molar-refractivity contribution in [2.24, 2.45) is 5.10 Å². The Labute approximate surface area is 170 Å². The quantitative estimate of drug-likeness (QED) is 0.559. The first-order valence-electron chi connectivity index (χ1n) is 8.98. The number of benzene rings is 1. The summed E-state index contributed by atoms with van der Waals surface area (Å²) >= 11 is 0. The smallest absolute Gasteiger partial charge is 0.410 e. The molecule has 0 aromatic heterocycles. The number of amides is 2. The molecule has 1 atom stereocenters. The highest BCUT2D eigenvalue weighted by Gasteiger charge is 2.34. The van der Waals surface area contributed by atoms with Crippen LogP contribution in [0.15, 0.2) is 34.3 Å². The lowest BCUT2D eigenvalue weighted by Crippen LogP contribution is -2.57. The summed E-state index contributed by atoms with van der Waals surface area (Å²) < 4.78 is 30.0. The number of sulfonamides is 1. The minimum atomic E-state index is -3.89. The van der Waals surface area contributed by atoms with Crippen molar-refractivity contribution in [3.05, 3.63) is 29.8 Å². The Morgan fingerprint density at radius 3 is 2.41 bits per heavy atom. The highest BCUT2D eigenvalue weighted by molar-refractivity contribution is 7.89. The molecule has 2 N–H and O–H groups in total. The number of rotatable bonds is 4. The van der Waals surface area contributed by atoms with Crippen molar-refractivity contribution in [3.8, 4) is 0 Å². The number of aryl methyl sites for hydroxylation is 1. The average molecular weight is 426 g/mol. The highest BCUT2D eigenvalue weighted by atomic mass is 32.2. The summed E-state index contributed by atoms with van der Waals surface area (Å²) in [4.78, 5) is 28.3. The van der Waals surface area contributed by atoms with Gasteiger partial charge in [0.25, 0.3) is 10.0 Å². The molecule has 1 aliphatic rings. The lowest BCUT2D eigenvalue weighted by molar-refractivity contribution is 0.00913. The number of carboxylic acid groups (broad SMARTS) is 1. The molecule has 1 aliphatic heterocycles. The summed E-state index contributed by atoms with van der Waals surface area (Å²) in [6, 6.07) is 5.44. The van der Waals surface area contributed by atoms with E-state index >= 15 is 0 Å². The number of hydrazone groups is 1. The molecule has 29 heavy (non-hydrogen) atoms. The molecule has 0 bridgehead atoms. The van der Waals surface area contributed by atoms with Crippen LogP contribution in [0.1, 0.15) is 26.3 Å². The van der Waals surface area contributed by atoms with E-state index in [-0.39, 0.29) is 24.5 Å². The number of carbonyl (C=O) groups excluding carboxylic acids is 1. The molecule has 1 unspecified atom stereocenters. The fraction of sp³-hybridized carbons (Fsp3) is 0.500. The van der Waals surface area contributed by atoms with E-state index in [2.05, 4.69) is 9.93 Å².